The van der Waals surface area contributed by atoms with Crippen LogP contribution in [0.2, 0.25) is 5.28 Å². The molecular weight excluding hydrogens is 442 g/mol. The van der Waals surface area contributed by atoms with Crippen LogP contribution >= 0.6 is 11.6 Å². The van der Waals surface area contributed by atoms with Crippen molar-refractivity contribution in [2.45, 2.75) is 25.4 Å². The molecule has 0 atom stereocenters. The third-order valence-corrected chi connectivity index (χ3v) is 5.43. The molecule has 1 amide bonds. The molecule has 0 radical (unpaired) electrons. The molecule has 3 aromatic rings. The maximum atomic E-state index is 15.4. The minimum atomic E-state index is -4.84. The molecule has 1 aliphatic heterocycles. The number of aromatic amines is 1. The van der Waals surface area contributed by atoms with E-state index in [1.165, 1.54) is 6.20 Å². The van der Waals surface area contributed by atoms with Crippen LogP contribution in [0.15, 0.2) is 12.4 Å². The topological polar surface area (TPSA) is 92.8 Å². The number of nitrogens with one attached hydrogen (secondary N) is 2. The second-order valence-electron chi connectivity index (χ2n) is 7.07. The number of aromatic nitrogens is 4. The van der Waals surface area contributed by atoms with Crippen LogP contribution in [-0.2, 0) is 25.4 Å². The molecule has 0 spiro atoms. The summed E-state index contributed by atoms with van der Waals surface area (Å²) in [6, 6.07) is 0. The van der Waals surface area contributed by atoms with Crippen molar-refractivity contribution in [3.05, 3.63) is 51.4 Å². The van der Waals surface area contributed by atoms with Gasteiger partial charge in [0.05, 0.1) is 11.3 Å². The SMILES string of the molecule is O=C1NCCc2[nH]c3c(c21)CCc1cnc(Oc2nc(Cl)ncc2C(F)(F)F)c(F)c1-3. The summed E-state index contributed by atoms with van der Waals surface area (Å²) < 4.78 is 60.3. The van der Waals surface area contributed by atoms with Gasteiger partial charge in [-0.25, -0.2) is 14.4 Å². The van der Waals surface area contributed by atoms with E-state index in [4.69, 9.17) is 16.3 Å². The first-order valence-electron chi connectivity index (χ1n) is 9.21. The number of pyridine rings is 1. The Bertz CT molecular complexity index is 1240. The van der Waals surface area contributed by atoms with Gasteiger partial charge >= 0.3 is 6.18 Å². The molecule has 7 nitrogen and oxygen atoms in total. The highest BCUT2D eigenvalue weighted by Gasteiger charge is 2.37. The summed E-state index contributed by atoms with van der Waals surface area (Å²) in [5, 5.41) is 2.27. The minimum Gasteiger partial charge on any atom is -0.417 e. The average molecular weight is 454 g/mol. The molecule has 4 heterocycles. The Kier molecular flexibility index (Phi) is 4.40. The van der Waals surface area contributed by atoms with E-state index >= 15 is 4.39 Å². The van der Waals surface area contributed by atoms with Crippen molar-refractivity contribution in [3.63, 3.8) is 0 Å². The smallest absolute Gasteiger partial charge is 0.417 e. The molecule has 0 saturated carbocycles. The van der Waals surface area contributed by atoms with Crippen molar-refractivity contribution in [1.29, 1.82) is 0 Å². The molecule has 2 N–H and O–H groups in total. The fraction of sp³-hybridized carbons (Fsp3) is 0.263. The molecule has 0 unspecified atom stereocenters. The number of H-pyrrole nitrogens is 1. The van der Waals surface area contributed by atoms with Crippen molar-refractivity contribution in [2.75, 3.05) is 6.54 Å². The zero-order chi connectivity index (χ0) is 21.9. The summed E-state index contributed by atoms with van der Waals surface area (Å²) in [6.07, 6.45) is -1.57. The molecule has 31 heavy (non-hydrogen) atoms. The first-order valence-corrected chi connectivity index (χ1v) is 9.59. The van der Waals surface area contributed by atoms with Crippen LogP contribution < -0.4 is 10.1 Å². The first kappa shape index (κ1) is 19.7. The Morgan fingerprint density at radius 3 is 2.65 bits per heavy atom. The van der Waals surface area contributed by atoms with E-state index in [2.05, 4.69) is 25.3 Å². The summed E-state index contributed by atoms with van der Waals surface area (Å²) in [6.45, 7) is 0.458. The Labute approximate surface area is 176 Å². The number of halogens is 5. The number of carbonyl (C=O) groups is 1. The van der Waals surface area contributed by atoms with E-state index in [0.717, 1.165) is 0 Å². The number of hydrogen-bond donors (Lipinski definition) is 2. The lowest BCUT2D eigenvalue weighted by molar-refractivity contribution is -0.139. The zero-order valence-corrected chi connectivity index (χ0v) is 16.3. The number of rotatable bonds is 2. The molecule has 0 bridgehead atoms. The van der Waals surface area contributed by atoms with E-state index in [-0.39, 0.29) is 11.5 Å². The van der Waals surface area contributed by atoms with Gasteiger partial charge in [-0.3, -0.25) is 4.79 Å². The van der Waals surface area contributed by atoms with Gasteiger partial charge in [0.2, 0.25) is 11.2 Å². The summed E-state index contributed by atoms with van der Waals surface area (Å²) in [4.78, 5) is 26.0. The van der Waals surface area contributed by atoms with E-state index in [1.807, 2.05) is 0 Å². The lowest BCUT2D eigenvalue weighted by atomic mass is 9.88. The van der Waals surface area contributed by atoms with Gasteiger partial charge in [0.1, 0.15) is 5.56 Å². The van der Waals surface area contributed by atoms with Crippen LogP contribution in [-0.4, -0.2) is 32.4 Å². The highest BCUT2D eigenvalue weighted by Crippen LogP contribution is 2.42. The lowest BCUT2D eigenvalue weighted by Crippen LogP contribution is -2.32. The van der Waals surface area contributed by atoms with E-state index in [9.17, 15) is 18.0 Å². The van der Waals surface area contributed by atoms with E-state index < -0.39 is 34.6 Å². The second kappa shape index (κ2) is 6.91. The first-order chi connectivity index (χ1) is 14.7. The van der Waals surface area contributed by atoms with Crippen molar-refractivity contribution >= 4 is 17.5 Å². The molecule has 3 aromatic heterocycles. The van der Waals surface area contributed by atoms with Gasteiger partial charge in [0.15, 0.2) is 5.82 Å². The standard InChI is InChI=1S/C19H12ClF4N5O2/c20-18-27-6-9(19(22,23)24)16(29-18)31-17-13(21)11-7(5-26-17)1-2-8-12-10(28-14(8)11)3-4-25-15(12)30/h5-6,28H,1-4H2,(H,25,30). The molecule has 0 saturated heterocycles. The predicted molar refractivity (Wildman–Crippen MR) is 99.5 cm³/mol. The monoisotopic (exact) mass is 453 g/mol. The Hall–Kier alpha value is -3.21. The lowest BCUT2D eigenvalue weighted by Gasteiger charge is -2.19. The van der Waals surface area contributed by atoms with Crippen LogP contribution in [0.1, 0.15) is 32.7 Å². The van der Waals surface area contributed by atoms with Gasteiger partial charge in [0.25, 0.3) is 11.8 Å². The fourth-order valence-corrected chi connectivity index (χ4v) is 4.04. The van der Waals surface area contributed by atoms with Crippen molar-refractivity contribution in [1.82, 2.24) is 25.3 Å². The van der Waals surface area contributed by atoms with Crippen LogP contribution in [0, 0.1) is 5.82 Å². The molecule has 0 fully saturated rings. The van der Waals surface area contributed by atoms with Gasteiger partial charge in [-0.2, -0.15) is 18.2 Å². The Morgan fingerprint density at radius 2 is 1.87 bits per heavy atom. The number of fused-ring (bicyclic) bond motifs is 5. The van der Waals surface area contributed by atoms with Crippen LogP contribution in [0.3, 0.4) is 0 Å². The average Bonchev–Trinajstić information content (AvgIpc) is 3.09. The third kappa shape index (κ3) is 3.19. The van der Waals surface area contributed by atoms with Crippen molar-refractivity contribution in [2.24, 2.45) is 0 Å². The fourth-order valence-electron chi connectivity index (χ4n) is 3.92. The van der Waals surface area contributed by atoms with Gasteiger partial charge in [-0.1, -0.05) is 0 Å². The highest BCUT2D eigenvalue weighted by atomic mass is 35.5. The largest absolute Gasteiger partial charge is 0.423 e. The van der Waals surface area contributed by atoms with E-state index in [1.54, 1.807) is 0 Å². The van der Waals surface area contributed by atoms with Gasteiger partial charge in [-0.05, 0) is 35.6 Å². The minimum absolute atomic E-state index is 0.113. The van der Waals surface area contributed by atoms with Crippen LogP contribution in [0.25, 0.3) is 11.3 Å². The van der Waals surface area contributed by atoms with E-state index in [0.29, 0.717) is 60.1 Å². The molecular formula is C19H12ClF4N5O2. The number of amides is 1. The number of hydrogen-bond acceptors (Lipinski definition) is 5. The number of ether oxygens (including phenoxy) is 1. The number of aryl methyl sites for hydroxylation is 1. The van der Waals surface area contributed by atoms with Crippen LogP contribution in [0.4, 0.5) is 17.6 Å². The van der Waals surface area contributed by atoms with Gasteiger partial charge in [-0.15, -0.1) is 0 Å². The van der Waals surface area contributed by atoms with Gasteiger partial charge < -0.3 is 15.0 Å². The number of nitrogens with zero attached hydrogens (tertiary/aromatic N) is 3. The maximum Gasteiger partial charge on any atom is 0.423 e. The number of alkyl halides is 3. The summed E-state index contributed by atoms with van der Waals surface area (Å²) in [5.74, 6) is -2.84. The Morgan fingerprint density at radius 1 is 1.06 bits per heavy atom. The van der Waals surface area contributed by atoms with Gasteiger partial charge in [0, 0.05) is 36.6 Å². The maximum absolute atomic E-state index is 15.4. The normalized spacial score (nSPS) is 15.1. The third-order valence-electron chi connectivity index (χ3n) is 5.25. The number of carbonyl (C=O) groups excluding carboxylic acids is 1. The summed E-state index contributed by atoms with van der Waals surface area (Å²) in [5.41, 5.74) is 1.61. The van der Waals surface area contributed by atoms with Crippen molar-refractivity contribution in [3.8, 4) is 23.0 Å². The molecule has 160 valence electrons. The quantitative estimate of drug-likeness (QED) is 0.454. The molecule has 2 aliphatic rings. The summed E-state index contributed by atoms with van der Waals surface area (Å²) >= 11 is 5.60. The highest BCUT2D eigenvalue weighted by molar-refractivity contribution is 6.28. The Balaban J connectivity index is 1.62. The summed E-state index contributed by atoms with van der Waals surface area (Å²) in [7, 11) is 0. The molecule has 12 heteroatoms. The second-order valence-corrected chi connectivity index (χ2v) is 7.41. The van der Waals surface area contributed by atoms with Crippen LogP contribution in [0.5, 0.6) is 11.8 Å². The molecule has 1 aliphatic carbocycles. The van der Waals surface area contributed by atoms with Crippen molar-refractivity contribution < 1.29 is 27.1 Å². The molecule has 0 aromatic carbocycles. The molecule has 5 rings (SSSR count). The predicted octanol–water partition coefficient (Wildman–Crippen LogP) is 3.85. The zero-order valence-electron chi connectivity index (χ0n) is 15.5.